The number of pyridine rings is 1. The van der Waals surface area contributed by atoms with Crippen molar-refractivity contribution in [1.82, 2.24) is 14.5 Å². The van der Waals surface area contributed by atoms with E-state index in [9.17, 15) is 5.11 Å². The van der Waals surface area contributed by atoms with E-state index in [1.165, 1.54) is 27.8 Å². The van der Waals surface area contributed by atoms with Crippen molar-refractivity contribution in [2.24, 2.45) is 0 Å². The van der Waals surface area contributed by atoms with Gasteiger partial charge in [0.1, 0.15) is 11.6 Å². The minimum absolute atomic E-state index is 0.150. The summed E-state index contributed by atoms with van der Waals surface area (Å²) >= 11 is 0. The number of rotatable bonds is 8. The van der Waals surface area contributed by atoms with Gasteiger partial charge < -0.3 is 5.11 Å². The second-order valence-electron chi connectivity index (χ2n) is 16.8. The molecule has 0 spiro atoms. The fourth-order valence-electron chi connectivity index (χ4n) is 8.58. The van der Waals surface area contributed by atoms with Gasteiger partial charge in [-0.25, -0.2) is 4.98 Å². The maximum atomic E-state index is 11.4. The van der Waals surface area contributed by atoms with Crippen LogP contribution in [0.1, 0.15) is 26.3 Å². The zero-order chi connectivity index (χ0) is 42.2. The van der Waals surface area contributed by atoms with Crippen molar-refractivity contribution in [2.75, 3.05) is 0 Å². The van der Waals surface area contributed by atoms with E-state index in [2.05, 4.69) is 195 Å². The van der Waals surface area contributed by atoms with Gasteiger partial charge in [-0.1, -0.05) is 166 Å². The summed E-state index contributed by atoms with van der Waals surface area (Å²) in [5, 5.41) is 11.4. The smallest absolute Gasteiger partial charge is 0.149 e. The molecule has 10 rings (SSSR count). The number of phenolic OH excluding ortho intramolecular Hbond substituents is 1. The van der Waals surface area contributed by atoms with E-state index in [4.69, 9.17) is 9.97 Å². The van der Waals surface area contributed by atoms with E-state index in [-0.39, 0.29) is 11.2 Å². The lowest BCUT2D eigenvalue weighted by Crippen LogP contribution is -2.14. The molecule has 62 heavy (non-hydrogen) atoms. The number of phenols is 1. The molecule has 0 aliphatic heterocycles. The average molecular weight is 800 g/mol. The quantitative estimate of drug-likeness (QED) is 0.167. The Kier molecular flexibility index (Phi) is 9.90. The Morgan fingerprint density at radius 2 is 0.984 bits per heavy atom. The fourth-order valence-corrected chi connectivity index (χ4v) is 8.58. The highest BCUT2D eigenvalue weighted by atomic mass is 16.3. The van der Waals surface area contributed by atoms with Gasteiger partial charge in [0.15, 0.2) is 0 Å². The predicted octanol–water partition coefficient (Wildman–Crippen LogP) is 15.1. The molecule has 2 heterocycles. The first kappa shape index (κ1) is 38.4. The molecule has 4 nitrogen and oxygen atoms in total. The van der Waals surface area contributed by atoms with E-state index in [1.807, 2.05) is 36.5 Å². The highest BCUT2D eigenvalue weighted by Crippen LogP contribution is 2.42. The number of imidazole rings is 1. The number of aromatic hydroxyl groups is 1. The van der Waals surface area contributed by atoms with Crippen LogP contribution >= 0.6 is 0 Å². The topological polar surface area (TPSA) is 50.9 Å². The SMILES string of the molecule is CC(C)(C)c1cc(-n2c(-c3ccccc3O)nc3c(-c4cc(-c5ccccc5)cc(-c5cc(-c6ccc(-c7ccccc7)cc6)ccn5)c4)cccc32)ccc1-c1ccccc1. The van der Waals surface area contributed by atoms with Crippen LogP contribution in [0.5, 0.6) is 5.75 Å². The normalized spacial score (nSPS) is 11.5. The van der Waals surface area contributed by atoms with Gasteiger partial charge >= 0.3 is 0 Å². The van der Waals surface area contributed by atoms with Crippen LogP contribution in [0, 0.1) is 0 Å². The Hall–Kier alpha value is -7.82. The molecular formula is C58H45N3O. The Bertz CT molecular complexity index is 3200. The van der Waals surface area contributed by atoms with E-state index < -0.39 is 0 Å². The highest BCUT2D eigenvalue weighted by molar-refractivity contribution is 5.98. The van der Waals surface area contributed by atoms with Gasteiger partial charge in [0, 0.05) is 23.0 Å². The summed E-state index contributed by atoms with van der Waals surface area (Å²) in [6, 6.07) is 71.8. The first-order chi connectivity index (χ1) is 30.3. The zero-order valence-electron chi connectivity index (χ0n) is 35.0. The van der Waals surface area contributed by atoms with E-state index in [0.717, 1.165) is 61.4 Å². The molecule has 0 aliphatic carbocycles. The number of nitrogens with zero attached hydrogens (tertiary/aromatic N) is 3. The lowest BCUT2D eigenvalue weighted by molar-refractivity contribution is 0.477. The van der Waals surface area contributed by atoms with Gasteiger partial charge in [0.25, 0.3) is 0 Å². The van der Waals surface area contributed by atoms with Crippen molar-refractivity contribution in [3.05, 3.63) is 218 Å². The van der Waals surface area contributed by atoms with Crippen LogP contribution in [-0.2, 0) is 5.41 Å². The second kappa shape index (κ2) is 16.0. The van der Waals surface area contributed by atoms with Crippen molar-refractivity contribution in [2.45, 2.75) is 26.2 Å². The number of hydrogen-bond acceptors (Lipinski definition) is 3. The molecule has 0 bridgehead atoms. The number of hydrogen-bond donors (Lipinski definition) is 1. The molecule has 298 valence electrons. The van der Waals surface area contributed by atoms with Gasteiger partial charge in [0.05, 0.1) is 22.3 Å². The third-order valence-corrected chi connectivity index (χ3v) is 11.7. The van der Waals surface area contributed by atoms with Gasteiger partial charge in [-0.15, -0.1) is 0 Å². The van der Waals surface area contributed by atoms with E-state index in [0.29, 0.717) is 11.4 Å². The van der Waals surface area contributed by atoms with Crippen LogP contribution in [0.4, 0.5) is 0 Å². The molecule has 4 heteroatoms. The maximum absolute atomic E-state index is 11.4. The Morgan fingerprint density at radius 3 is 1.66 bits per heavy atom. The van der Waals surface area contributed by atoms with Gasteiger partial charge in [-0.2, -0.15) is 0 Å². The standard InChI is InChI=1S/C58H45N3O/c1-58(2,3)52-38-48(30-31-49(52)43-20-11-6-12-21-43)61-54-24-15-23-50(56(54)60-57(61)51-22-13-14-25-55(51)62)46-34-45(40-18-9-5-10-19-40)35-47(36-46)53-37-44(32-33-59-53)42-28-26-41(27-29-42)39-16-7-4-8-17-39/h4-38,62H,1-3H3. The Morgan fingerprint density at radius 1 is 0.419 bits per heavy atom. The number of para-hydroxylation sites is 2. The molecule has 0 atom stereocenters. The third kappa shape index (κ3) is 7.37. The molecule has 1 N–H and O–H groups in total. The molecule has 0 unspecified atom stereocenters. The molecule has 0 aliphatic rings. The van der Waals surface area contributed by atoms with Crippen LogP contribution in [-0.4, -0.2) is 19.6 Å². The Balaban J connectivity index is 1.15. The Labute approximate surface area is 363 Å². The molecular weight excluding hydrogens is 755 g/mol. The van der Waals surface area contributed by atoms with Crippen molar-refractivity contribution in [3.8, 4) is 89.7 Å². The first-order valence-corrected chi connectivity index (χ1v) is 21.1. The van der Waals surface area contributed by atoms with Crippen LogP contribution in [0.25, 0.3) is 95.0 Å². The van der Waals surface area contributed by atoms with Gasteiger partial charge in [0.2, 0.25) is 0 Å². The largest absolute Gasteiger partial charge is 0.507 e. The summed E-state index contributed by atoms with van der Waals surface area (Å²) in [4.78, 5) is 10.4. The lowest BCUT2D eigenvalue weighted by Gasteiger charge is -2.25. The number of benzene rings is 8. The molecule has 8 aromatic carbocycles. The van der Waals surface area contributed by atoms with E-state index >= 15 is 0 Å². The molecule has 0 fully saturated rings. The van der Waals surface area contributed by atoms with Crippen molar-refractivity contribution < 1.29 is 5.11 Å². The summed E-state index contributed by atoms with van der Waals surface area (Å²) in [6.45, 7) is 6.78. The summed E-state index contributed by atoms with van der Waals surface area (Å²) < 4.78 is 2.20. The van der Waals surface area contributed by atoms with Gasteiger partial charge in [-0.3, -0.25) is 9.55 Å². The predicted molar refractivity (Wildman–Crippen MR) is 257 cm³/mol. The van der Waals surface area contributed by atoms with E-state index in [1.54, 1.807) is 6.07 Å². The molecule has 10 aromatic rings. The highest BCUT2D eigenvalue weighted by Gasteiger charge is 2.24. The maximum Gasteiger partial charge on any atom is 0.149 e. The first-order valence-electron chi connectivity index (χ1n) is 21.1. The number of fused-ring (bicyclic) bond motifs is 1. The summed E-state index contributed by atoms with van der Waals surface area (Å²) in [5.41, 5.74) is 17.6. The van der Waals surface area contributed by atoms with Crippen molar-refractivity contribution in [1.29, 1.82) is 0 Å². The van der Waals surface area contributed by atoms with Crippen LogP contribution < -0.4 is 0 Å². The molecule has 0 radical (unpaired) electrons. The molecule has 0 saturated heterocycles. The molecule has 0 amide bonds. The molecule has 0 saturated carbocycles. The minimum Gasteiger partial charge on any atom is -0.507 e. The molecule has 2 aromatic heterocycles. The monoisotopic (exact) mass is 799 g/mol. The van der Waals surface area contributed by atoms with Crippen LogP contribution in [0.3, 0.4) is 0 Å². The number of aromatic nitrogens is 3. The summed E-state index contributed by atoms with van der Waals surface area (Å²) in [7, 11) is 0. The average Bonchev–Trinajstić information content (AvgIpc) is 3.72. The van der Waals surface area contributed by atoms with Crippen LogP contribution in [0.15, 0.2) is 212 Å². The minimum atomic E-state index is -0.150. The summed E-state index contributed by atoms with van der Waals surface area (Å²) in [6.07, 6.45) is 1.90. The fraction of sp³-hybridized carbons (Fsp3) is 0.0690. The van der Waals surface area contributed by atoms with Crippen molar-refractivity contribution in [3.63, 3.8) is 0 Å². The van der Waals surface area contributed by atoms with Gasteiger partial charge in [-0.05, 0) is 122 Å². The lowest BCUT2D eigenvalue weighted by atomic mass is 9.81. The van der Waals surface area contributed by atoms with Crippen LogP contribution in [0.2, 0.25) is 0 Å². The summed E-state index contributed by atoms with van der Waals surface area (Å²) in [5.74, 6) is 0.849. The zero-order valence-corrected chi connectivity index (χ0v) is 35.0. The van der Waals surface area contributed by atoms with Crippen molar-refractivity contribution >= 4 is 11.0 Å². The second-order valence-corrected chi connectivity index (χ2v) is 16.8. The third-order valence-electron chi connectivity index (χ3n) is 11.7.